The number of nitrogens with one attached hydrogen (secondary N) is 1. The van der Waals surface area contributed by atoms with Gasteiger partial charge < -0.3 is 16.0 Å². The number of thiocarbonyl (C=S) groups is 1. The molecular formula is C14H22N4S. The van der Waals surface area contributed by atoms with Gasteiger partial charge in [-0.15, -0.1) is 0 Å². The molecule has 1 aromatic rings. The number of hydrogen-bond donors (Lipinski definition) is 2. The van der Waals surface area contributed by atoms with Gasteiger partial charge in [-0.25, -0.2) is 0 Å². The Labute approximate surface area is 120 Å². The minimum atomic E-state index is 0.304. The summed E-state index contributed by atoms with van der Waals surface area (Å²) in [6.45, 7) is 8.94. The highest BCUT2D eigenvalue weighted by molar-refractivity contribution is 7.80. The largest absolute Gasteiger partial charge is 0.376 e. The van der Waals surface area contributed by atoms with Crippen LogP contribution in [0.15, 0.2) is 24.3 Å². The zero-order valence-electron chi connectivity index (χ0n) is 11.6. The van der Waals surface area contributed by atoms with Crippen LogP contribution in [0.25, 0.3) is 0 Å². The fourth-order valence-electron chi connectivity index (χ4n) is 2.39. The number of rotatable bonds is 3. The fraction of sp³-hybridized carbons (Fsp3) is 0.500. The Balaban J connectivity index is 1.94. The average Bonchev–Trinajstić information content (AvgIpc) is 2.39. The normalized spacial score (nSPS) is 16.7. The molecule has 1 heterocycles. The van der Waals surface area contributed by atoms with E-state index in [1.807, 2.05) is 12.1 Å². The van der Waals surface area contributed by atoms with Gasteiger partial charge in [0.25, 0.3) is 0 Å². The Hall–Kier alpha value is -1.33. The lowest BCUT2D eigenvalue weighted by Gasteiger charge is -2.38. The molecule has 0 unspecified atom stereocenters. The highest BCUT2D eigenvalue weighted by Crippen LogP contribution is 2.20. The Kier molecular flexibility index (Phi) is 4.61. The molecule has 4 nitrogen and oxygen atoms in total. The van der Waals surface area contributed by atoms with Gasteiger partial charge in [-0.1, -0.05) is 0 Å². The van der Waals surface area contributed by atoms with Gasteiger partial charge in [-0.3, -0.25) is 4.90 Å². The Morgan fingerprint density at radius 2 is 1.74 bits per heavy atom. The number of anilines is 2. The molecule has 2 rings (SSSR count). The lowest BCUT2D eigenvalue weighted by molar-refractivity contribution is 0.209. The number of benzene rings is 1. The predicted octanol–water partition coefficient (Wildman–Crippen LogP) is 1.87. The Morgan fingerprint density at radius 1 is 1.16 bits per heavy atom. The van der Waals surface area contributed by atoms with Crippen LogP contribution >= 0.6 is 12.2 Å². The highest BCUT2D eigenvalue weighted by atomic mass is 32.1. The van der Waals surface area contributed by atoms with Crippen molar-refractivity contribution in [3.8, 4) is 0 Å². The molecular weight excluding hydrogens is 256 g/mol. The minimum absolute atomic E-state index is 0.304. The molecule has 0 saturated carbocycles. The molecule has 0 amide bonds. The van der Waals surface area contributed by atoms with Gasteiger partial charge in [0, 0.05) is 43.6 Å². The number of hydrogen-bond acceptors (Lipinski definition) is 3. The molecule has 0 radical (unpaired) electrons. The van der Waals surface area contributed by atoms with E-state index in [2.05, 4.69) is 41.1 Å². The molecule has 1 aliphatic rings. The lowest BCUT2D eigenvalue weighted by Crippen LogP contribution is -2.48. The Morgan fingerprint density at radius 3 is 2.21 bits per heavy atom. The van der Waals surface area contributed by atoms with E-state index in [0.717, 1.165) is 31.9 Å². The fourth-order valence-corrected chi connectivity index (χ4v) is 2.51. The van der Waals surface area contributed by atoms with Crippen LogP contribution in [0.3, 0.4) is 0 Å². The molecule has 0 aliphatic carbocycles. The quantitative estimate of drug-likeness (QED) is 0.827. The van der Waals surface area contributed by atoms with Gasteiger partial charge >= 0.3 is 0 Å². The summed E-state index contributed by atoms with van der Waals surface area (Å²) in [6.07, 6.45) is 0. The first kappa shape index (κ1) is 14.1. The third-order valence-electron chi connectivity index (χ3n) is 3.54. The van der Waals surface area contributed by atoms with Crippen LogP contribution in [-0.2, 0) is 0 Å². The van der Waals surface area contributed by atoms with Crippen molar-refractivity contribution in [2.75, 3.05) is 36.4 Å². The first-order chi connectivity index (χ1) is 9.06. The van der Waals surface area contributed by atoms with Crippen LogP contribution in [0, 0.1) is 0 Å². The van der Waals surface area contributed by atoms with Crippen LogP contribution in [0.1, 0.15) is 13.8 Å². The predicted molar refractivity (Wildman–Crippen MR) is 85.8 cm³/mol. The molecule has 104 valence electrons. The van der Waals surface area contributed by atoms with Crippen LogP contribution in [0.2, 0.25) is 0 Å². The van der Waals surface area contributed by atoms with Crippen molar-refractivity contribution in [2.45, 2.75) is 19.9 Å². The standard InChI is InChI=1S/C14H22N4S/c1-11(2)17-7-9-18(10-8-17)13-5-3-12(4-6-13)16-14(15)19/h3-6,11H,7-10H2,1-2H3,(H3,15,16,19). The van der Waals surface area contributed by atoms with Crippen LogP contribution in [0.5, 0.6) is 0 Å². The molecule has 0 spiro atoms. The number of nitrogens with zero attached hydrogens (tertiary/aromatic N) is 2. The second-order valence-electron chi connectivity index (χ2n) is 5.15. The molecule has 0 bridgehead atoms. The van der Waals surface area contributed by atoms with E-state index in [4.69, 9.17) is 18.0 Å². The summed E-state index contributed by atoms with van der Waals surface area (Å²) in [5.41, 5.74) is 7.66. The maximum atomic E-state index is 5.45. The van der Waals surface area contributed by atoms with E-state index in [1.54, 1.807) is 0 Å². The van der Waals surface area contributed by atoms with E-state index in [9.17, 15) is 0 Å². The number of nitrogens with two attached hydrogens (primary N) is 1. The van der Waals surface area contributed by atoms with Gasteiger partial charge in [-0.05, 0) is 50.3 Å². The third kappa shape index (κ3) is 3.81. The molecule has 19 heavy (non-hydrogen) atoms. The summed E-state index contributed by atoms with van der Waals surface area (Å²) >= 11 is 4.82. The second-order valence-corrected chi connectivity index (χ2v) is 5.59. The lowest BCUT2D eigenvalue weighted by atomic mass is 10.2. The SMILES string of the molecule is CC(C)N1CCN(c2ccc(NC(N)=S)cc2)CC1. The van der Waals surface area contributed by atoms with Crippen LogP contribution in [-0.4, -0.2) is 42.2 Å². The van der Waals surface area contributed by atoms with Crippen molar-refractivity contribution < 1.29 is 0 Å². The molecule has 0 aromatic heterocycles. The van der Waals surface area contributed by atoms with Crippen molar-refractivity contribution in [1.82, 2.24) is 4.90 Å². The molecule has 1 saturated heterocycles. The van der Waals surface area contributed by atoms with E-state index in [0.29, 0.717) is 11.2 Å². The van der Waals surface area contributed by atoms with Gasteiger partial charge in [0.1, 0.15) is 0 Å². The molecule has 1 aliphatic heterocycles. The average molecular weight is 278 g/mol. The third-order valence-corrected chi connectivity index (χ3v) is 3.65. The number of piperazine rings is 1. The molecule has 1 aromatic carbocycles. The topological polar surface area (TPSA) is 44.5 Å². The molecule has 0 atom stereocenters. The van der Waals surface area contributed by atoms with E-state index < -0.39 is 0 Å². The molecule has 1 fully saturated rings. The van der Waals surface area contributed by atoms with E-state index in [-0.39, 0.29) is 0 Å². The van der Waals surface area contributed by atoms with Gasteiger partial charge in [0.2, 0.25) is 0 Å². The maximum absolute atomic E-state index is 5.45. The first-order valence-electron chi connectivity index (χ1n) is 6.72. The first-order valence-corrected chi connectivity index (χ1v) is 7.12. The molecule has 3 N–H and O–H groups in total. The van der Waals surface area contributed by atoms with Crippen LogP contribution < -0.4 is 16.0 Å². The van der Waals surface area contributed by atoms with E-state index >= 15 is 0 Å². The van der Waals surface area contributed by atoms with E-state index in [1.165, 1.54) is 5.69 Å². The summed E-state index contributed by atoms with van der Waals surface area (Å²) in [5, 5.41) is 3.24. The van der Waals surface area contributed by atoms with Gasteiger partial charge in [0.05, 0.1) is 0 Å². The van der Waals surface area contributed by atoms with Crippen LogP contribution in [0.4, 0.5) is 11.4 Å². The van der Waals surface area contributed by atoms with Crippen molar-refractivity contribution in [1.29, 1.82) is 0 Å². The van der Waals surface area contributed by atoms with Crippen molar-refractivity contribution in [2.24, 2.45) is 5.73 Å². The zero-order chi connectivity index (χ0) is 13.8. The van der Waals surface area contributed by atoms with Crippen molar-refractivity contribution >= 4 is 28.7 Å². The second kappa shape index (κ2) is 6.21. The Bertz CT molecular complexity index is 422. The monoisotopic (exact) mass is 278 g/mol. The summed E-state index contributed by atoms with van der Waals surface area (Å²) in [5.74, 6) is 0. The maximum Gasteiger partial charge on any atom is 0.168 e. The van der Waals surface area contributed by atoms with Gasteiger partial charge in [0.15, 0.2) is 5.11 Å². The summed E-state index contributed by atoms with van der Waals surface area (Å²) in [4.78, 5) is 4.93. The summed E-state index contributed by atoms with van der Waals surface area (Å²) in [7, 11) is 0. The highest BCUT2D eigenvalue weighted by Gasteiger charge is 2.18. The smallest absolute Gasteiger partial charge is 0.168 e. The van der Waals surface area contributed by atoms with Crippen molar-refractivity contribution in [3.05, 3.63) is 24.3 Å². The minimum Gasteiger partial charge on any atom is -0.376 e. The summed E-state index contributed by atoms with van der Waals surface area (Å²) < 4.78 is 0. The summed E-state index contributed by atoms with van der Waals surface area (Å²) in [6, 6.07) is 8.91. The van der Waals surface area contributed by atoms with Gasteiger partial charge in [-0.2, -0.15) is 0 Å². The van der Waals surface area contributed by atoms with Crippen molar-refractivity contribution in [3.63, 3.8) is 0 Å². The molecule has 5 heteroatoms. The zero-order valence-corrected chi connectivity index (χ0v) is 12.4.